The van der Waals surface area contributed by atoms with Gasteiger partial charge in [0.1, 0.15) is 5.56 Å². The molecule has 1 aliphatic rings. The maximum atomic E-state index is 11.2. The SMILES string of the molecule is CN1CCN(CCc2cn3cccc(C(=O)O)c3n2)CC1. The van der Waals surface area contributed by atoms with Crippen LogP contribution in [0.5, 0.6) is 0 Å². The number of carbonyl (C=O) groups is 1. The van der Waals surface area contributed by atoms with Crippen molar-refractivity contribution in [3.63, 3.8) is 0 Å². The molecule has 0 unspecified atom stereocenters. The van der Waals surface area contributed by atoms with Crippen LogP contribution in [0, 0.1) is 0 Å². The van der Waals surface area contributed by atoms with Crippen molar-refractivity contribution in [2.75, 3.05) is 39.8 Å². The van der Waals surface area contributed by atoms with Gasteiger partial charge in [0.2, 0.25) is 0 Å². The number of aromatic carboxylic acids is 1. The number of carboxylic acid groups (broad SMARTS) is 1. The number of likely N-dealkylation sites (N-methyl/N-ethyl adjacent to an activating group) is 1. The zero-order valence-electron chi connectivity index (χ0n) is 12.2. The quantitative estimate of drug-likeness (QED) is 0.902. The molecule has 0 spiro atoms. The fourth-order valence-electron chi connectivity index (χ4n) is 2.70. The lowest BCUT2D eigenvalue weighted by atomic mass is 10.2. The van der Waals surface area contributed by atoms with Crippen LogP contribution in [0.25, 0.3) is 5.65 Å². The van der Waals surface area contributed by atoms with Crippen LogP contribution in [-0.2, 0) is 6.42 Å². The van der Waals surface area contributed by atoms with Crippen LogP contribution in [0.3, 0.4) is 0 Å². The molecule has 0 amide bonds. The summed E-state index contributed by atoms with van der Waals surface area (Å²) in [5.41, 5.74) is 1.73. The molecular formula is C15H20N4O2. The van der Waals surface area contributed by atoms with Crippen LogP contribution in [0.1, 0.15) is 16.1 Å². The van der Waals surface area contributed by atoms with Gasteiger partial charge in [0, 0.05) is 51.5 Å². The molecule has 112 valence electrons. The maximum absolute atomic E-state index is 11.2. The van der Waals surface area contributed by atoms with Crippen molar-refractivity contribution in [3.05, 3.63) is 35.8 Å². The molecule has 0 radical (unpaired) electrons. The maximum Gasteiger partial charge on any atom is 0.339 e. The summed E-state index contributed by atoms with van der Waals surface area (Å²) in [6, 6.07) is 3.33. The Morgan fingerprint density at radius 2 is 2.10 bits per heavy atom. The van der Waals surface area contributed by atoms with E-state index < -0.39 is 5.97 Å². The van der Waals surface area contributed by atoms with Gasteiger partial charge in [-0.15, -0.1) is 0 Å². The summed E-state index contributed by atoms with van der Waals surface area (Å²) in [5, 5.41) is 9.18. The summed E-state index contributed by atoms with van der Waals surface area (Å²) < 4.78 is 1.79. The number of rotatable bonds is 4. The number of carboxylic acids is 1. The van der Waals surface area contributed by atoms with E-state index in [1.54, 1.807) is 16.5 Å². The van der Waals surface area contributed by atoms with Gasteiger partial charge in [0.05, 0.1) is 5.69 Å². The monoisotopic (exact) mass is 288 g/mol. The molecule has 3 heterocycles. The van der Waals surface area contributed by atoms with Crippen molar-refractivity contribution in [2.24, 2.45) is 0 Å². The molecule has 1 aliphatic heterocycles. The van der Waals surface area contributed by atoms with Crippen LogP contribution in [-0.4, -0.2) is 70.0 Å². The molecule has 0 bridgehead atoms. The zero-order valence-corrected chi connectivity index (χ0v) is 12.2. The number of hydrogen-bond donors (Lipinski definition) is 1. The van der Waals surface area contributed by atoms with Crippen molar-refractivity contribution in [2.45, 2.75) is 6.42 Å². The molecule has 1 saturated heterocycles. The Morgan fingerprint density at radius 3 is 2.81 bits per heavy atom. The molecule has 0 saturated carbocycles. The summed E-state index contributed by atoms with van der Waals surface area (Å²) >= 11 is 0. The molecular weight excluding hydrogens is 268 g/mol. The van der Waals surface area contributed by atoms with Gasteiger partial charge in [-0.05, 0) is 19.2 Å². The number of fused-ring (bicyclic) bond motifs is 1. The Bertz CT molecular complexity index is 644. The lowest BCUT2D eigenvalue weighted by Gasteiger charge is -2.32. The Morgan fingerprint density at radius 1 is 1.33 bits per heavy atom. The summed E-state index contributed by atoms with van der Waals surface area (Å²) in [7, 11) is 2.15. The third-order valence-corrected chi connectivity index (χ3v) is 4.04. The lowest BCUT2D eigenvalue weighted by molar-refractivity contribution is 0.0698. The zero-order chi connectivity index (χ0) is 14.8. The standard InChI is InChI=1S/C15H20N4O2/c1-17-7-9-18(10-8-17)6-4-12-11-19-5-2-3-13(15(20)21)14(19)16-12/h2-3,5,11H,4,6-10H2,1H3,(H,20,21). The van der Waals surface area contributed by atoms with Crippen LogP contribution in [0.4, 0.5) is 0 Å². The summed E-state index contributed by atoms with van der Waals surface area (Å²) in [6.45, 7) is 5.36. The van der Waals surface area contributed by atoms with Gasteiger partial charge in [0.15, 0.2) is 5.65 Å². The highest BCUT2D eigenvalue weighted by Gasteiger charge is 2.15. The lowest BCUT2D eigenvalue weighted by Crippen LogP contribution is -2.45. The van der Waals surface area contributed by atoms with Gasteiger partial charge in [-0.1, -0.05) is 0 Å². The topological polar surface area (TPSA) is 61.1 Å². The second-order valence-corrected chi connectivity index (χ2v) is 5.59. The van der Waals surface area contributed by atoms with E-state index in [4.69, 9.17) is 0 Å². The fraction of sp³-hybridized carbons (Fsp3) is 0.467. The van der Waals surface area contributed by atoms with Gasteiger partial charge in [-0.2, -0.15) is 0 Å². The third kappa shape index (κ3) is 3.06. The molecule has 1 N–H and O–H groups in total. The normalized spacial score (nSPS) is 17.4. The predicted octanol–water partition coefficient (Wildman–Crippen LogP) is 0.822. The van der Waals surface area contributed by atoms with Crippen molar-refractivity contribution in [1.82, 2.24) is 19.2 Å². The number of hydrogen-bond acceptors (Lipinski definition) is 4. The van der Waals surface area contributed by atoms with E-state index in [1.807, 2.05) is 12.4 Å². The summed E-state index contributed by atoms with van der Waals surface area (Å²) in [4.78, 5) is 20.4. The second kappa shape index (κ2) is 5.83. The first-order valence-electron chi connectivity index (χ1n) is 7.24. The van der Waals surface area contributed by atoms with Crippen LogP contribution in [0.2, 0.25) is 0 Å². The minimum atomic E-state index is -0.934. The molecule has 0 aliphatic carbocycles. The fourth-order valence-corrected chi connectivity index (χ4v) is 2.70. The first kappa shape index (κ1) is 14.0. The molecule has 1 fully saturated rings. The van der Waals surface area contributed by atoms with Crippen molar-refractivity contribution in [3.8, 4) is 0 Å². The number of pyridine rings is 1. The highest BCUT2D eigenvalue weighted by Crippen LogP contribution is 2.12. The van der Waals surface area contributed by atoms with Gasteiger partial charge < -0.3 is 19.3 Å². The van der Waals surface area contributed by atoms with E-state index >= 15 is 0 Å². The average Bonchev–Trinajstić information content (AvgIpc) is 2.89. The molecule has 2 aromatic rings. The van der Waals surface area contributed by atoms with Crippen LogP contribution < -0.4 is 0 Å². The Labute approximate surface area is 123 Å². The minimum absolute atomic E-state index is 0.253. The average molecular weight is 288 g/mol. The van der Waals surface area contributed by atoms with Crippen LogP contribution >= 0.6 is 0 Å². The van der Waals surface area contributed by atoms with Crippen LogP contribution in [0.15, 0.2) is 24.5 Å². The summed E-state index contributed by atoms with van der Waals surface area (Å²) in [6.07, 6.45) is 4.62. The van der Waals surface area contributed by atoms with E-state index in [0.717, 1.165) is 44.8 Å². The number of nitrogens with zero attached hydrogens (tertiary/aromatic N) is 4. The van der Waals surface area contributed by atoms with E-state index in [0.29, 0.717) is 5.65 Å². The molecule has 2 aromatic heterocycles. The van der Waals surface area contributed by atoms with E-state index in [2.05, 4.69) is 21.8 Å². The summed E-state index contributed by atoms with van der Waals surface area (Å²) in [5.74, 6) is -0.934. The number of aromatic nitrogens is 2. The van der Waals surface area contributed by atoms with Crippen molar-refractivity contribution in [1.29, 1.82) is 0 Å². The second-order valence-electron chi connectivity index (χ2n) is 5.59. The molecule has 0 atom stereocenters. The third-order valence-electron chi connectivity index (χ3n) is 4.04. The highest BCUT2D eigenvalue weighted by atomic mass is 16.4. The predicted molar refractivity (Wildman–Crippen MR) is 79.8 cm³/mol. The smallest absolute Gasteiger partial charge is 0.339 e. The van der Waals surface area contributed by atoms with Gasteiger partial charge in [-0.3, -0.25) is 0 Å². The largest absolute Gasteiger partial charge is 0.478 e. The first-order valence-corrected chi connectivity index (χ1v) is 7.24. The first-order chi connectivity index (χ1) is 10.1. The molecule has 0 aromatic carbocycles. The Hall–Kier alpha value is -1.92. The molecule has 21 heavy (non-hydrogen) atoms. The van der Waals surface area contributed by atoms with Gasteiger partial charge in [-0.25, -0.2) is 9.78 Å². The Kier molecular flexibility index (Phi) is 3.90. The molecule has 3 rings (SSSR count). The van der Waals surface area contributed by atoms with E-state index in [-0.39, 0.29) is 5.56 Å². The van der Waals surface area contributed by atoms with E-state index in [1.165, 1.54) is 0 Å². The Balaban J connectivity index is 1.70. The number of imidazole rings is 1. The molecule has 6 heteroatoms. The number of piperazine rings is 1. The van der Waals surface area contributed by atoms with Crippen molar-refractivity contribution >= 4 is 11.6 Å². The van der Waals surface area contributed by atoms with Gasteiger partial charge >= 0.3 is 5.97 Å². The molecule has 6 nitrogen and oxygen atoms in total. The van der Waals surface area contributed by atoms with Crippen molar-refractivity contribution < 1.29 is 9.90 Å². The van der Waals surface area contributed by atoms with Gasteiger partial charge in [0.25, 0.3) is 0 Å². The minimum Gasteiger partial charge on any atom is -0.478 e. The van der Waals surface area contributed by atoms with E-state index in [9.17, 15) is 9.90 Å². The highest BCUT2D eigenvalue weighted by molar-refractivity contribution is 5.94.